The third-order valence-corrected chi connectivity index (χ3v) is 4.31. The number of hydrogen-bond donors (Lipinski definition) is 1. The van der Waals surface area contributed by atoms with E-state index in [0.717, 1.165) is 11.3 Å². The van der Waals surface area contributed by atoms with Crippen molar-refractivity contribution in [2.24, 2.45) is 0 Å². The van der Waals surface area contributed by atoms with Gasteiger partial charge in [0.25, 0.3) is 0 Å². The number of hydrogen-bond acceptors (Lipinski definition) is 5. The number of nitrogens with one attached hydrogen (secondary N) is 1. The van der Waals surface area contributed by atoms with Crippen LogP contribution < -0.4 is 10.1 Å². The summed E-state index contributed by atoms with van der Waals surface area (Å²) in [4.78, 5) is 13.1. The Morgan fingerprint density at radius 2 is 2.08 bits per heavy atom. The van der Waals surface area contributed by atoms with Crippen LogP contribution in [0.1, 0.15) is 25.5 Å². The van der Waals surface area contributed by atoms with E-state index >= 15 is 0 Å². The van der Waals surface area contributed by atoms with Gasteiger partial charge in [-0.05, 0) is 59.1 Å². The first kappa shape index (κ1) is 17.0. The monoisotopic (exact) mass is 409 g/mol. The molecule has 1 N–H and O–H groups in total. The number of benzene rings is 1. The number of halogens is 2. The molecule has 0 aliphatic rings. The largest absolute Gasteiger partial charge is 0.497 e. The highest BCUT2D eigenvalue weighted by molar-refractivity contribution is 9.10. The molecule has 0 fully saturated rings. The van der Waals surface area contributed by atoms with Gasteiger partial charge in [-0.1, -0.05) is 12.1 Å². The summed E-state index contributed by atoms with van der Waals surface area (Å²) in [6, 6.07) is 8.03. The molecule has 1 aromatic carbocycles. The molecule has 8 heteroatoms. The Labute approximate surface area is 153 Å². The number of methoxy groups -OCH3 is 1. The predicted molar refractivity (Wildman–Crippen MR) is 98.7 cm³/mol. The molecule has 24 heavy (non-hydrogen) atoms. The molecule has 2 heterocycles. The molecule has 0 aliphatic carbocycles. The normalized spacial score (nSPS) is 11.2. The average Bonchev–Trinajstić information content (AvgIpc) is 2.88. The molecule has 0 saturated carbocycles. The highest BCUT2D eigenvalue weighted by atomic mass is 79.9. The summed E-state index contributed by atoms with van der Waals surface area (Å²) in [7, 11) is 1.65. The number of ether oxygens (including phenoxy) is 1. The highest BCUT2D eigenvalue weighted by Crippen LogP contribution is 2.28. The van der Waals surface area contributed by atoms with E-state index in [-0.39, 0.29) is 11.3 Å². The molecule has 2 aromatic heterocycles. The average molecular weight is 411 g/mol. The molecule has 0 atom stereocenters. The highest BCUT2D eigenvalue weighted by Gasteiger charge is 2.17. The first-order chi connectivity index (χ1) is 11.5. The van der Waals surface area contributed by atoms with Crippen LogP contribution in [0.25, 0.3) is 11.2 Å². The lowest BCUT2D eigenvalue weighted by Gasteiger charge is -2.10. The smallest absolute Gasteiger partial charge is 0.226 e. The van der Waals surface area contributed by atoms with Crippen molar-refractivity contribution in [2.45, 2.75) is 26.4 Å². The standard InChI is InChI=1S/C16H17BrClN5O/c1-9(2)23-14-12(20-15(23)17)13(21-16(18)22-14)19-8-10-5-4-6-11(7-10)24-3/h4-7,9H,8H2,1-3H3,(H,19,21,22). The van der Waals surface area contributed by atoms with E-state index < -0.39 is 0 Å². The Morgan fingerprint density at radius 3 is 2.79 bits per heavy atom. The van der Waals surface area contributed by atoms with Crippen LogP contribution in [0, 0.1) is 0 Å². The molecular formula is C16H17BrClN5O. The SMILES string of the molecule is COc1cccc(CNc2nc(Cl)nc3c2nc(Br)n3C(C)C)c1. The zero-order valence-electron chi connectivity index (χ0n) is 13.5. The molecule has 6 nitrogen and oxygen atoms in total. The molecule has 0 bridgehead atoms. The third kappa shape index (κ3) is 3.32. The van der Waals surface area contributed by atoms with Gasteiger partial charge in [0.05, 0.1) is 7.11 Å². The van der Waals surface area contributed by atoms with Crippen molar-refractivity contribution in [1.82, 2.24) is 19.5 Å². The summed E-state index contributed by atoms with van der Waals surface area (Å²) in [6.07, 6.45) is 0. The molecular weight excluding hydrogens is 394 g/mol. The molecule has 0 amide bonds. The zero-order chi connectivity index (χ0) is 17.3. The van der Waals surface area contributed by atoms with E-state index in [0.29, 0.717) is 28.3 Å². The molecule has 3 aromatic rings. The van der Waals surface area contributed by atoms with Crippen molar-refractivity contribution in [3.8, 4) is 5.75 Å². The van der Waals surface area contributed by atoms with Gasteiger partial charge in [-0.3, -0.25) is 0 Å². The molecule has 0 aliphatic heterocycles. The van der Waals surface area contributed by atoms with E-state index in [1.165, 1.54) is 0 Å². The molecule has 0 spiro atoms. The second-order valence-electron chi connectivity index (χ2n) is 5.56. The molecule has 3 rings (SSSR count). The van der Waals surface area contributed by atoms with E-state index in [1.54, 1.807) is 7.11 Å². The molecule has 0 unspecified atom stereocenters. The summed E-state index contributed by atoms with van der Waals surface area (Å²) in [5, 5.41) is 3.47. The van der Waals surface area contributed by atoms with Crippen LogP contribution in [0.3, 0.4) is 0 Å². The fourth-order valence-electron chi connectivity index (χ4n) is 2.47. The van der Waals surface area contributed by atoms with Crippen molar-refractivity contribution in [3.05, 3.63) is 39.8 Å². The number of anilines is 1. The van der Waals surface area contributed by atoms with Crippen LogP contribution in [0.2, 0.25) is 5.28 Å². The first-order valence-electron chi connectivity index (χ1n) is 7.47. The van der Waals surface area contributed by atoms with Gasteiger partial charge in [-0.25, -0.2) is 4.98 Å². The second kappa shape index (κ2) is 6.94. The number of nitrogens with zero attached hydrogens (tertiary/aromatic N) is 4. The summed E-state index contributed by atoms with van der Waals surface area (Å²) < 4.78 is 7.92. The van der Waals surface area contributed by atoms with Gasteiger partial charge >= 0.3 is 0 Å². The van der Waals surface area contributed by atoms with E-state index in [4.69, 9.17) is 16.3 Å². The lowest BCUT2D eigenvalue weighted by Crippen LogP contribution is -2.05. The fourth-order valence-corrected chi connectivity index (χ4v) is 3.39. The van der Waals surface area contributed by atoms with Gasteiger partial charge in [0.15, 0.2) is 21.7 Å². The maximum atomic E-state index is 6.10. The Morgan fingerprint density at radius 1 is 1.29 bits per heavy atom. The zero-order valence-corrected chi connectivity index (χ0v) is 15.9. The van der Waals surface area contributed by atoms with E-state index in [9.17, 15) is 0 Å². The second-order valence-corrected chi connectivity index (χ2v) is 6.61. The Hall–Kier alpha value is -1.86. The Bertz CT molecular complexity index is 880. The van der Waals surface area contributed by atoms with Crippen LogP contribution >= 0.6 is 27.5 Å². The fraction of sp³-hybridized carbons (Fsp3) is 0.312. The van der Waals surface area contributed by atoms with Crippen LogP contribution in [-0.2, 0) is 6.54 Å². The first-order valence-corrected chi connectivity index (χ1v) is 8.64. The van der Waals surface area contributed by atoms with Gasteiger partial charge in [0.1, 0.15) is 5.75 Å². The van der Waals surface area contributed by atoms with Crippen molar-refractivity contribution in [1.29, 1.82) is 0 Å². The third-order valence-electron chi connectivity index (χ3n) is 3.58. The maximum Gasteiger partial charge on any atom is 0.226 e. The van der Waals surface area contributed by atoms with E-state index in [2.05, 4.69) is 50.0 Å². The summed E-state index contributed by atoms with van der Waals surface area (Å²) in [6.45, 7) is 4.70. The number of aromatic nitrogens is 4. The van der Waals surface area contributed by atoms with Crippen molar-refractivity contribution >= 4 is 44.5 Å². The summed E-state index contributed by atoms with van der Waals surface area (Å²) in [5.74, 6) is 1.42. The van der Waals surface area contributed by atoms with Gasteiger partial charge in [-0.15, -0.1) is 0 Å². The van der Waals surface area contributed by atoms with Crippen LogP contribution in [0.4, 0.5) is 5.82 Å². The van der Waals surface area contributed by atoms with Gasteiger partial charge in [0, 0.05) is 12.6 Å². The summed E-state index contributed by atoms with van der Waals surface area (Å²) in [5.41, 5.74) is 2.45. The van der Waals surface area contributed by atoms with Crippen LogP contribution in [0.15, 0.2) is 29.0 Å². The number of fused-ring (bicyclic) bond motifs is 1. The minimum Gasteiger partial charge on any atom is -0.497 e. The van der Waals surface area contributed by atoms with Crippen LogP contribution in [0.5, 0.6) is 5.75 Å². The Balaban J connectivity index is 1.95. The van der Waals surface area contributed by atoms with E-state index in [1.807, 2.05) is 28.8 Å². The molecule has 0 radical (unpaired) electrons. The maximum absolute atomic E-state index is 6.10. The molecule has 126 valence electrons. The summed E-state index contributed by atoms with van der Waals surface area (Å²) >= 11 is 9.58. The quantitative estimate of drug-likeness (QED) is 0.497. The van der Waals surface area contributed by atoms with Crippen molar-refractivity contribution in [2.75, 3.05) is 12.4 Å². The topological polar surface area (TPSA) is 64.9 Å². The molecule has 0 saturated heterocycles. The lowest BCUT2D eigenvalue weighted by atomic mass is 10.2. The van der Waals surface area contributed by atoms with Crippen LogP contribution in [-0.4, -0.2) is 26.6 Å². The minimum atomic E-state index is 0.185. The van der Waals surface area contributed by atoms with Gasteiger partial charge in [-0.2, -0.15) is 9.97 Å². The Kier molecular flexibility index (Phi) is 4.91. The lowest BCUT2D eigenvalue weighted by molar-refractivity contribution is 0.414. The predicted octanol–water partition coefficient (Wildman–Crippen LogP) is 4.44. The van der Waals surface area contributed by atoms with Gasteiger partial charge < -0.3 is 14.6 Å². The number of rotatable bonds is 5. The number of imidazole rings is 1. The van der Waals surface area contributed by atoms with Crippen molar-refractivity contribution < 1.29 is 4.74 Å². The van der Waals surface area contributed by atoms with Crippen molar-refractivity contribution in [3.63, 3.8) is 0 Å². The van der Waals surface area contributed by atoms with Gasteiger partial charge in [0.2, 0.25) is 5.28 Å². The minimum absolute atomic E-state index is 0.185.